The van der Waals surface area contributed by atoms with Crippen LogP contribution >= 0.6 is 0 Å². The van der Waals surface area contributed by atoms with Crippen LogP contribution in [-0.4, -0.2) is 48.3 Å². The Hall–Kier alpha value is -0.610. The monoisotopic (exact) mass is 229 g/mol. The van der Waals surface area contributed by atoms with Gasteiger partial charge in [0.2, 0.25) is 0 Å². The van der Waals surface area contributed by atoms with Crippen molar-refractivity contribution in [2.75, 3.05) is 20.2 Å². The molecule has 0 spiro atoms. The molecule has 0 aromatic carbocycles. The third-order valence-electron chi connectivity index (χ3n) is 3.21. The van der Waals surface area contributed by atoms with Gasteiger partial charge in [-0.3, -0.25) is 4.79 Å². The van der Waals surface area contributed by atoms with Crippen molar-refractivity contribution in [3.8, 4) is 0 Å². The average Bonchev–Trinajstić information content (AvgIpc) is 2.99. The first-order valence-corrected chi connectivity index (χ1v) is 6.08. The van der Waals surface area contributed by atoms with Gasteiger partial charge >= 0.3 is 5.97 Å². The Balaban J connectivity index is 2.21. The number of carbonyl (C=O) groups excluding carboxylic acids is 1. The van der Waals surface area contributed by atoms with Crippen molar-refractivity contribution >= 4 is 5.97 Å². The van der Waals surface area contributed by atoms with E-state index >= 15 is 0 Å². The molecule has 0 saturated heterocycles. The van der Waals surface area contributed by atoms with E-state index in [-0.39, 0.29) is 12.4 Å². The van der Waals surface area contributed by atoms with Gasteiger partial charge in [0, 0.05) is 12.6 Å². The van der Waals surface area contributed by atoms with Gasteiger partial charge in [-0.1, -0.05) is 0 Å². The molecule has 0 aromatic rings. The third-order valence-corrected chi connectivity index (χ3v) is 3.21. The summed E-state index contributed by atoms with van der Waals surface area (Å²) in [5.74, 6) is 0.460. The smallest absolute Gasteiger partial charge is 0.308 e. The summed E-state index contributed by atoms with van der Waals surface area (Å²) in [4.78, 5) is 13.3. The Morgan fingerprint density at radius 2 is 2.19 bits per heavy atom. The summed E-state index contributed by atoms with van der Waals surface area (Å²) in [5, 5.41) is 9.73. The largest absolute Gasteiger partial charge is 0.466 e. The number of nitrogens with zero attached hydrogens (tertiary/aromatic N) is 1. The SMILES string of the molecule is CCOC(=O)CC(O)CN(C)C(C)C1CC1. The van der Waals surface area contributed by atoms with Gasteiger partial charge in [-0.05, 0) is 39.7 Å². The fraction of sp³-hybridized carbons (Fsp3) is 0.917. The van der Waals surface area contributed by atoms with Crippen LogP contribution in [0.2, 0.25) is 0 Å². The number of rotatable bonds is 7. The number of likely N-dealkylation sites (N-methyl/N-ethyl adjacent to an activating group) is 1. The maximum Gasteiger partial charge on any atom is 0.308 e. The first kappa shape index (κ1) is 13.5. The number of carbonyl (C=O) groups is 1. The minimum atomic E-state index is -0.620. The van der Waals surface area contributed by atoms with Crippen molar-refractivity contribution in [3.63, 3.8) is 0 Å². The van der Waals surface area contributed by atoms with Crippen LogP contribution in [-0.2, 0) is 9.53 Å². The molecular formula is C12H23NO3. The molecule has 0 heterocycles. The highest BCUT2D eigenvalue weighted by atomic mass is 16.5. The maximum absolute atomic E-state index is 11.2. The van der Waals surface area contributed by atoms with Gasteiger partial charge in [0.15, 0.2) is 0 Å². The molecule has 1 fully saturated rings. The average molecular weight is 229 g/mol. The maximum atomic E-state index is 11.2. The lowest BCUT2D eigenvalue weighted by atomic mass is 10.1. The molecule has 2 atom stereocenters. The Morgan fingerprint density at radius 1 is 1.56 bits per heavy atom. The summed E-state index contributed by atoms with van der Waals surface area (Å²) in [6.45, 7) is 4.86. The van der Waals surface area contributed by atoms with Crippen molar-refractivity contribution in [2.45, 2.75) is 45.3 Å². The zero-order valence-electron chi connectivity index (χ0n) is 10.5. The molecule has 0 bridgehead atoms. The molecule has 1 aliphatic carbocycles. The molecule has 0 aromatic heterocycles. The van der Waals surface area contributed by atoms with E-state index in [1.54, 1.807) is 6.92 Å². The van der Waals surface area contributed by atoms with Crippen LogP contribution in [0.4, 0.5) is 0 Å². The van der Waals surface area contributed by atoms with Crippen LogP contribution in [0.1, 0.15) is 33.1 Å². The van der Waals surface area contributed by atoms with Crippen LogP contribution in [0, 0.1) is 5.92 Å². The van der Waals surface area contributed by atoms with Crippen molar-refractivity contribution in [1.82, 2.24) is 4.90 Å². The lowest BCUT2D eigenvalue weighted by Gasteiger charge is -2.26. The number of ether oxygens (including phenoxy) is 1. The Morgan fingerprint density at radius 3 is 2.69 bits per heavy atom. The van der Waals surface area contributed by atoms with Crippen molar-refractivity contribution in [3.05, 3.63) is 0 Å². The van der Waals surface area contributed by atoms with Gasteiger partial charge < -0.3 is 14.7 Å². The Kier molecular flexibility index (Phi) is 5.22. The van der Waals surface area contributed by atoms with Crippen molar-refractivity contribution in [1.29, 1.82) is 0 Å². The number of esters is 1. The fourth-order valence-corrected chi connectivity index (χ4v) is 1.91. The summed E-state index contributed by atoms with van der Waals surface area (Å²) >= 11 is 0. The third kappa shape index (κ3) is 4.49. The van der Waals surface area contributed by atoms with Gasteiger partial charge in [0.25, 0.3) is 0 Å². The molecule has 2 unspecified atom stereocenters. The first-order chi connectivity index (χ1) is 7.54. The zero-order chi connectivity index (χ0) is 12.1. The topological polar surface area (TPSA) is 49.8 Å². The minimum Gasteiger partial charge on any atom is -0.466 e. The highest BCUT2D eigenvalue weighted by molar-refractivity contribution is 5.69. The molecule has 1 rings (SSSR count). The van der Waals surface area contributed by atoms with E-state index in [1.807, 2.05) is 7.05 Å². The number of aliphatic hydroxyl groups excluding tert-OH is 1. The van der Waals surface area contributed by atoms with E-state index < -0.39 is 6.10 Å². The van der Waals surface area contributed by atoms with E-state index in [9.17, 15) is 9.90 Å². The molecule has 16 heavy (non-hydrogen) atoms. The highest BCUT2D eigenvalue weighted by Crippen LogP contribution is 2.34. The molecule has 4 heteroatoms. The van der Waals surface area contributed by atoms with Gasteiger partial charge in [-0.15, -0.1) is 0 Å². The minimum absolute atomic E-state index is 0.0928. The lowest BCUT2D eigenvalue weighted by molar-refractivity contribution is -0.145. The molecule has 1 saturated carbocycles. The first-order valence-electron chi connectivity index (χ1n) is 6.08. The van der Waals surface area contributed by atoms with Gasteiger partial charge in [-0.25, -0.2) is 0 Å². The van der Waals surface area contributed by atoms with E-state index in [1.165, 1.54) is 12.8 Å². The van der Waals surface area contributed by atoms with Gasteiger partial charge in [0.05, 0.1) is 19.1 Å². The summed E-state index contributed by atoms with van der Waals surface area (Å²) in [6.07, 6.45) is 2.05. The summed E-state index contributed by atoms with van der Waals surface area (Å²) in [6, 6.07) is 0.497. The van der Waals surface area contributed by atoms with Crippen molar-refractivity contribution in [2.24, 2.45) is 5.92 Å². The molecular weight excluding hydrogens is 206 g/mol. The van der Waals surface area contributed by atoms with E-state index in [2.05, 4.69) is 11.8 Å². The second-order valence-electron chi connectivity index (χ2n) is 4.68. The van der Waals surface area contributed by atoms with Crippen LogP contribution in [0.5, 0.6) is 0 Å². The normalized spacial score (nSPS) is 19.6. The van der Waals surface area contributed by atoms with E-state index in [0.717, 1.165) is 5.92 Å². The molecule has 4 nitrogen and oxygen atoms in total. The van der Waals surface area contributed by atoms with E-state index in [0.29, 0.717) is 19.2 Å². The Bertz CT molecular complexity index is 228. The Labute approximate surface area is 97.6 Å². The van der Waals surface area contributed by atoms with Crippen LogP contribution in [0.3, 0.4) is 0 Å². The molecule has 1 N–H and O–H groups in total. The lowest BCUT2D eigenvalue weighted by Crippen LogP contribution is -2.38. The quantitative estimate of drug-likeness (QED) is 0.662. The van der Waals surface area contributed by atoms with Gasteiger partial charge in [0.1, 0.15) is 0 Å². The summed E-state index contributed by atoms with van der Waals surface area (Å²) < 4.78 is 4.80. The molecule has 94 valence electrons. The zero-order valence-corrected chi connectivity index (χ0v) is 10.5. The fourth-order valence-electron chi connectivity index (χ4n) is 1.91. The molecule has 1 aliphatic rings. The highest BCUT2D eigenvalue weighted by Gasteiger charge is 2.31. The van der Waals surface area contributed by atoms with Crippen LogP contribution in [0.15, 0.2) is 0 Å². The molecule has 0 amide bonds. The summed E-state index contributed by atoms with van der Waals surface area (Å²) in [5.41, 5.74) is 0. The predicted molar refractivity (Wildman–Crippen MR) is 62.1 cm³/mol. The van der Waals surface area contributed by atoms with Crippen molar-refractivity contribution < 1.29 is 14.6 Å². The predicted octanol–water partition coefficient (Wildman–Crippen LogP) is 1.03. The second kappa shape index (κ2) is 6.21. The second-order valence-corrected chi connectivity index (χ2v) is 4.68. The van der Waals surface area contributed by atoms with E-state index in [4.69, 9.17) is 4.74 Å². The van der Waals surface area contributed by atoms with Crippen LogP contribution < -0.4 is 0 Å². The summed E-state index contributed by atoms with van der Waals surface area (Å²) in [7, 11) is 2.00. The van der Waals surface area contributed by atoms with Crippen LogP contribution in [0.25, 0.3) is 0 Å². The number of hydrogen-bond donors (Lipinski definition) is 1. The molecule has 0 radical (unpaired) electrons. The number of hydrogen-bond acceptors (Lipinski definition) is 4. The van der Waals surface area contributed by atoms with Gasteiger partial charge in [-0.2, -0.15) is 0 Å². The molecule has 0 aliphatic heterocycles. The number of aliphatic hydroxyl groups is 1. The standard InChI is InChI=1S/C12H23NO3/c1-4-16-12(15)7-11(14)8-13(3)9(2)10-5-6-10/h9-11,14H,4-8H2,1-3H3.